The molecule has 0 bridgehead atoms. The van der Waals surface area contributed by atoms with Crippen molar-refractivity contribution in [2.45, 2.75) is 12.8 Å². The number of benzene rings is 2. The summed E-state index contributed by atoms with van der Waals surface area (Å²) in [5.74, 6) is 0.216. The fraction of sp³-hybridized carbons (Fsp3) is 0.118. The zero-order valence-corrected chi connectivity index (χ0v) is 11.2. The van der Waals surface area contributed by atoms with Crippen molar-refractivity contribution in [1.29, 1.82) is 0 Å². The standard InChI is InChI=1S/C17H13ClO/c18-14-8-5-12(6-9-14)11-16-15-4-2-1-3-13(15)7-10-17(16)19/h1-6,8-9,11H,7,10H2/b16-11+. The number of rotatable bonds is 1. The summed E-state index contributed by atoms with van der Waals surface area (Å²) in [5, 5.41) is 0.706. The molecule has 0 saturated heterocycles. The third-order valence-electron chi connectivity index (χ3n) is 3.41. The van der Waals surface area contributed by atoms with Gasteiger partial charge in [-0.15, -0.1) is 0 Å². The summed E-state index contributed by atoms with van der Waals surface area (Å²) in [7, 11) is 0. The summed E-state index contributed by atoms with van der Waals surface area (Å²) in [4.78, 5) is 12.1. The second-order valence-electron chi connectivity index (χ2n) is 4.69. The maximum absolute atomic E-state index is 12.1. The lowest BCUT2D eigenvalue weighted by atomic mass is 9.85. The largest absolute Gasteiger partial charge is 0.294 e. The summed E-state index contributed by atoms with van der Waals surface area (Å²) in [6, 6.07) is 15.7. The Morgan fingerprint density at radius 3 is 2.47 bits per heavy atom. The molecule has 0 unspecified atom stereocenters. The van der Waals surface area contributed by atoms with Crippen LogP contribution in [-0.2, 0) is 11.2 Å². The molecule has 1 nitrogen and oxygen atoms in total. The van der Waals surface area contributed by atoms with Gasteiger partial charge >= 0.3 is 0 Å². The maximum Gasteiger partial charge on any atom is 0.163 e. The van der Waals surface area contributed by atoms with Gasteiger partial charge in [-0.25, -0.2) is 0 Å². The van der Waals surface area contributed by atoms with Crippen molar-refractivity contribution in [2.75, 3.05) is 0 Å². The highest BCUT2D eigenvalue weighted by Crippen LogP contribution is 2.29. The molecular weight excluding hydrogens is 256 g/mol. The molecule has 0 radical (unpaired) electrons. The Kier molecular flexibility index (Phi) is 3.22. The van der Waals surface area contributed by atoms with E-state index in [1.807, 2.05) is 48.5 Å². The predicted octanol–water partition coefficient (Wildman–Crippen LogP) is 4.40. The molecule has 0 fully saturated rings. The molecule has 94 valence electrons. The van der Waals surface area contributed by atoms with Crippen LogP contribution in [0.25, 0.3) is 11.6 Å². The predicted molar refractivity (Wildman–Crippen MR) is 79.1 cm³/mol. The fourth-order valence-corrected chi connectivity index (χ4v) is 2.54. The van der Waals surface area contributed by atoms with Crippen LogP contribution in [0.3, 0.4) is 0 Å². The summed E-state index contributed by atoms with van der Waals surface area (Å²) < 4.78 is 0. The van der Waals surface area contributed by atoms with Gasteiger partial charge in [0.05, 0.1) is 0 Å². The van der Waals surface area contributed by atoms with Gasteiger partial charge < -0.3 is 0 Å². The summed E-state index contributed by atoms with van der Waals surface area (Å²) in [6.07, 6.45) is 3.39. The SMILES string of the molecule is O=C1CCc2ccccc2/C1=C\c1ccc(Cl)cc1. The number of carbonyl (C=O) groups is 1. The van der Waals surface area contributed by atoms with Crippen LogP contribution >= 0.6 is 11.6 Å². The minimum atomic E-state index is 0.216. The monoisotopic (exact) mass is 268 g/mol. The maximum atomic E-state index is 12.1. The number of allylic oxidation sites excluding steroid dienone is 1. The molecule has 1 aliphatic rings. The number of ketones is 1. The average molecular weight is 269 g/mol. The van der Waals surface area contributed by atoms with Gasteiger partial charge in [-0.3, -0.25) is 4.79 Å². The number of halogens is 1. The number of hydrogen-bond donors (Lipinski definition) is 0. The zero-order valence-electron chi connectivity index (χ0n) is 10.4. The fourth-order valence-electron chi connectivity index (χ4n) is 2.42. The van der Waals surface area contributed by atoms with Gasteiger partial charge in [0.25, 0.3) is 0 Å². The molecular formula is C17H13ClO. The lowest BCUT2D eigenvalue weighted by Gasteiger charge is -2.17. The Morgan fingerprint density at radius 1 is 0.947 bits per heavy atom. The van der Waals surface area contributed by atoms with Crippen LogP contribution in [0.2, 0.25) is 5.02 Å². The van der Waals surface area contributed by atoms with Crippen molar-refractivity contribution < 1.29 is 4.79 Å². The van der Waals surface area contributed by atoms with Gasteiger partial charge in [0, 0.05) is 17.0 Å². The van der Waals surface area contributed by atoms with Crippen LogP contribution < -0.4 is 0 Å². The lowest BCUT2D eigenvalue weighted by molar-refractivity contribution is -0.113. The van der Waals surface area contributed by atoms with Crippen molar-refractivity contribution in [2.24, 2.45) is 0 Å². The Hall–Kier alpha value is -1.86. The molecule has 0 spiro atoms. The van der Waals surface area contributed by atoms with E-state index in [0.717, 1.165) is 23.1 Å². The molecule has 0 aliphatic heterocycles. The van der Waals surface area contributed by atoms with Gasteiger partial charge in [0.2, 0.25) is 0 Å². The van der Waals surface area contributed by atoms with E-state index in [4.69, 9.17) is 11.6 Å². The van der Waals surface area contributed by atoms with Gasteiger partial charge in [-0.05, 0) is 41.3 Å². The number of aryl methyl sites for hydroxylation is 1. The Balaban J connectivity index is 2.08. The quantitative estimate of drug-likeness (QED) is 0.701. The van der Waals surface area contributed by atoms with Crippen LogP contribution in [0.5, 0.6) is 0 Å². The molecule has 0 atom stereocenters. The van der Waals surface area contributed by atoms with Crippen LogP contribution in [-0.4, -0.2) is 5.78 Å². The number of Topliss-reactive ketones (excluding diaryl/α,β-unsaturated/α-hetero) is 1. The van der Waals surface area contributed by atoms with E-state index in [-0.39, 0.29) is 5.78 Å². The van der Waals surface area contributed by atoms with Crippen LogP contribution in [0.4, 0.5) is 0 Å². The molecule has 1 aliphatic carbocycles. The molecule has 0 N–H and O–H groups in total. The van der Waals surface area contributed by atoms with Gasteiger partial charge in [-0.1, -0.05) is 48.0 Å². The highest BCUT2D eigenvalue weighted by molar-refractivity contribution is 6.30. The summed E-state index contributed by atoms with van der Waals surface area (Å²) in [5.41, 5.74) is 4.13. The van der Waals surface area contributed by atoms with E-state index < -0.39 is 0 Å². The molecule has 3 rings (SSSR count). The van der Waals surface area contributed by atoms with Crippen LogP contribution in [0.15, 0.2) is 48.5 Å². The zero-order chi connectivity index (χ0) is 13.2. The van der Waals surface area contributed by atoms with Crippen molar-refractivity contribution >= 4 is 29.0 Å². The smallest absolute Gasteiger partial charge is 0.163 e. The highest BCUT2D eigenvalue weighted by atomic mass is 35.5. The van der Waals surface area contributed by atoms with E-state index in [9.17, 15) is 4.79 Å². The van der Waals surface area contributed by atoms with Gasteiger partial charge in [0.15, 0.2) is 5.78 Å². The van der Waals surface area contributed by atoms with Crippen molar-refractivity contribution in [3.63, 3.8) is 0 Å². The first-order valence-electron chi connectivity index (χ1n) is 6.33. The Morgan fingerprint density at radius 2 is 1.68 bits per heavy atom. The molecule has 2 heteroatoms. The second-order valence-corrected chi connectivity index (χ2v) is 5.13. The first-order valence-corrected chi connectivity index (χ1v) is 6.70. The minimum absolute atomic E-state index is 0.216. The van der Waals surface area contributed by atoms with Crippen LogP contribution in [0, 0.1) is 0 Å². The minimum Gasteiger partial charge on any atom is -0.294 e. The summed E-state index contributed by atoms with van der Waals surface area (Å²) >= 11 is 5.88. The van der Waals surface area contributed by atoms with E-state index in [1.54, 1.807) is 0 Å². The normalized spacial score (nSPS) is 16.5. The highest BCUT2D eigenvalue weighted by Gasteiger charge is 2.20. The molecule has 19 heavy (non-hydrogen) atoms. The van der Waals surface area contributed by atoms with Crippen LogP contribution in [0.1, 0.15) is 23.1 Å². The topological polar surface area (TPSA) is 17.1 Å². The van der Waals surface area contributed by atoms with Gasteiger partial charge in [0.1, 0.15) is 0 Å². The lowest BCUT2D eigenvalue weighted by Crippen LogP contribution is -2.12. The van der Waals surface area contributed by atoms with E-state index in [0.29, 0.717) is 11.4 Å². The molecule has 0 aromatic heterocycles. The molecule has 0 amide bonds. The molecule has 2 aromatic rings. The Labute approximate surface area is 117 Å². The van der Waals surface area contributed by atoms with E-state index >= 15 is 0 Å². The second kappa shape index (κ2) is 5.02. The first kappa shape index (κ1) is 12.2. The Bertz CT molecular complexity index is 653. The molecule has 0 saturated carbocycles. The van der Waals surface area contributed by atoms with Crippen molar-refractivity contribution in [3.05, 3.63) is 70.2 Å². The number of fused-ring (bicyclic) bond motifs is 1. The third-order valence-corrected chi connectivity index (χ3v) is 3.66. The average Bonchev–Trinajstić information content (AvgIpc) is 2.44. The van der Waals surface area contributed by atoms with Crippen molar-refractivity contribution in [1.82, 2.24) is 0 Å². The summed E-state index contributed by atoms with van der Waals surface area (Å²) in [6.45, 7) is 0. The van der Waals surface area contributed by atoms with E-state index in [2.05, 4.69) is 6.07 Å². The molecule has 0 heterocycles. The van der Waals surface area contributed by atoms with Gasteiger partial charge in [-0.2, -0.15) is 0 Å². The van der Waals surface area contributed by atoms with E-state index in [1.165, 1.54) is 5.56 Å². The molecule has 2 aromatic carbocycles. The number of hydrogen-bond acceptors (Lipinski definition) is 1. The first-order chi connectivity index (χ1) is 9.24. The number of carbonyl (C=O) groups excluding carboxylic acids is 1. The third kappa shape index (κ3) is 2.47. The van der Waals surface area contributed by atoms with Crippen molar-refractivity contribution in [3.8, 4) is 0 Å².